The zero-order valence-electron chi connectivity index (χ0n) is 24.7. The summed E-state index contributed by atoms with van der Waals surface area (Å²) in [6.07, 6.45) is -38.1. The van der Waals surface area contributed by atoms with Crippen molar-refractivity contribution in [2.24, 2.45) is 0 Å². The van der Waals surface area contributed by atoms with Gasteiger partial charge in [-0.25, -0.2) is 0 Å². The second kappa shape index (κ2) is 17.3. The molecule has 4 rings (SSSR count). The number of ether oxygens (including phenoxy) is 7. The van der Waals surface area contributed by atoms with E-state index in [2.05, 4.69) is 0 Å². The van der Waals surface area contributed by atoms with Gasteiger partial charge in [0, 0.05) is 0 Å². The van der Waals surface area contributed by atoms with Crippen LogP contribution < -0.4 is 34.7 Å². The fraction of sp³-hybridized carbons (Fsp3) is 0.958. The number of aliphatic carboxylic acids is 1. The van der Waals surface area contributed by atoms with Gasteiger partial charge in [-0.3, -0.25) is 0 Å². The van der Waals surface area contributed by atoms with Crippen molar-refractivity contribution < 1.29 is 139 Å². The third-order valence-electron chi connectivity index (χ3n) is 8.16. The average Bonchev–Trinajstić information content (AvgIpc) is 3.03. The molecule has 0 amide bonds. The van der Waals surface area contributed by atoms with E-state index >= 15 is 0 Å². The third kappa shape index (κ3) is 8.43. The van der Waals surface area contributed by atoms with Crippen LogP contribution >= 0.6 is 0 Å². The van der Waals surface area contributed by atoms with Gasteiger partial charge in [-0.1, -0.05) is 0 Å². The van der Waals surface area contributed by atoms with Gasteiger partial charge in [-0.05, 0) is 0 Å². The van der Waals surface area contributed by atoms with E-state index < -0.39 is 149 Å². The molecule has 0 radical (unpaired) electrons. The van der Waals surface area contributed by atoms with Crippen molar-refractivity contribution >= 4 is 5.97 Å². The van der Waals surface area contributed by atoms with Crippen LogP contribution in [0.4, 0.5) is 0 Å². The molecular formula is C24H39NaO22. The van der Waals surface area contributed by atoms with Gasteiger partial charge in [0.2, 0.25) is 0 Å². The van der Waals surface area contributed by atoms with Crippen LogP contribution in [0.25, 0.3) is 0 Å². The molecule has 0 aromatic heterocycles. The maximum atomic E-state index is 11.3. The van der Waals surface area contributed by atoms with Crippen LogP contribution in [-0.2, 0) is 38.0 Å². The Kier molecular flexibility index (Phi) is 15.1. The maximum Gasteiger partial charge on any atom is 1.00 e. The Labute approximate surface area is 287 Å². The van der Waals surface area contributed by atoms with Crippen LogP contribution in [-0.4, -0.2) is 215 Å². The summed E-state index contributed by atoms with van der Waals surface area (Å²) in [6.45, 7) is -2.74. The molecule has 0 bridgehead atoms. The summed E-state index contributed by atoms with van der Waals surface area (Å²) in [5, 5.41) is 144. The molecule has 47 heavy (non-hydrogen) atoms. The van der Waals surface area contributed by atoms with E-state index in [1.165, 1.54) is 0 Å². The second-order valence-electron chi connectivity index (χ2n) is 11.2. The monoisotopic (exact) mass is 702 g/mol. The largest absolute Gasteiger partial charge is 1.00 e. The summed E-state index contributed by atoms with van der Waals surface area (Å²) in [5.41, 5.74) is 0. The van der Waals surface area contributed by atoms with E-state index in [-0.39, 0.29) is 29.6 Å². The van der Waals surface area contributed by atoms with Crippen molar-refractivity contribution in [3.63, 3.8) is 0 Å². The van der Waals surface area contributed by atoms with Crippen LogP contribution in [0.3, 0.4) is 0 Å². The Bertz CT molecular complexity index is 993. The van der Waals surface area contributed by atoms with Crippen molar-refractivity contribution in [1.29, 1.82) is 0 Å². The average molecular weight is 703 g/mol. The normalized spacial score (nSPS) is 50.8. The Morgan fingerprint density at radius 1 is 0.489 bits per heavy atom. The van der Waals surface area contributed by atoms with Gasteiger partial charge < -0.3 is 109 Å². The molecule has 23 heteroatoms. The zero-order valence-corrected chi connectivity index (χ0v) is 26.7. The number of carbonyl (C=O) groups excluding carboxylic acids is 1. The van der Waals surface area contributed by atoms with E-state index in [4.69, 9.17) is 33.2 Å². The predicted molar refractivity (Wildman–Crippen MR) is 132 cm³/mol. The van der Waals surface area contributed by atoms with Crippen molar-refractivity contribution in [2.75, 3.05) is 19.8 Å². The summed E-state index contributed by atoms with van der Waals surface area (Å²) in [5.74, 6) is -1.98. The minimum atomic E-state index is -2.18. The molecule has 4 aliphatic heterocycles. The quantitative estimate of drug-likeness (QED) is 0.0939. The first-order valence-corrected chi connectivity index (χ1v) is 14.1. The molecule has 4 saturated heterocycles. The molecule has 4 aliphatic rings. The fourth-order valence-corrected chi connectivity index (χ4v) is 5.52. The van der Waals surface area contributed by atoms with E-state index in [1.54, 1.807) is 0 Å². The zero-order chi connectivity index (χ0) is 34.2. The predicted octanol–water partition coefficient (Wildman–Crippen LogP) is -14.0. The Hall–Kier alpha value is -0.330. The molecule has 268 valence electrons. The molecular weight excluding hydrogens is 663 g/mol. The molecule has 0 spiro atoms. The molecule has 20 atom stereocenters. The fourth-order valence-electron chi connectivity index (χ4n) is 5.52. The van der Waals surface area contributed by atoms with Gasteiger partial charge in [0.15, 0.2) is 25.2 Å². The Balaban J connectivity index is 0.00000600. The number of carboxylic acid groups (broad SMARTS) is 1. The van der Waals surface area contributed by atoms with Crippen LogP contribution in [0.1, 0.15) is 0 Å². The van der Waals surface area contributed by atoms with Crippen molar-refractivity contribution in [3.05, 3.63) is 0 Å². The number of hydrogen-bond donors (Lipinski definition) is 13. The topological polar surface area (TPSA) is 368 Å². The summed E-state index contributed by atoms with van der Waals surface area (Å²) in [4.78, 5) is 11.3. The molecule has 0 aromatic rings. The third-order valence-corrected chi connectivity index (χ3v) is 8.16. The number of aliphatic hydroxyl groups excluding tert-OH is 13. The van der Waals surface area contributed by atoms with Crippen LogP contribution in [0.2, 0.25) is 0 Å². The Morgan fingerprint density at radius 2 is 0.830 bits per heavy atom. The summed E-state index contributed by atoms with van der Waals surface area (Å²) < 4.78 is 37.1. The van der Waals surface area contributed by atoms with E-state index in [1.807, 2.05) is 0 Å². The van der Waals surface area contributed by atoms with Gasteiger partial charge in [-0.15, -0.1) is 0 Å². The van der Waals surface area contributed by atoms with Crippen molar-refractivity contribution in [3.8, 4) is 0 Å². The maximum absolute atomic E-state index is 11.3. The van der Waals surface area contributed by atoms with E-state index in [0.717, 1.165) is 0 Å². The first-order chi connectivity index (χ1) is 21.7. The first kappa shape index (κ1) is 41.1. The summed E-state index contributed by atoms with van der Waals surface area (Å²) in [6, 6.07) is 0. The van der Waals surface area contributed by atoms with Crippen molar-refractivity contribution in [2.45, 2.75) is 123 Å². The van der Waals surface area contributed by atoms with Crippen LogP contribution in [0.15, 0.2) is 0 Å². The van der Waals surface area contributed by atoms with Gasteiger partial charge in [0.05, 0.1) is 25.8 Å². The second-order valence-corrected chi connectivity index (χ2v) is 11.2. The SMILES string of the molecule is O=C([O-])[C@H]1O[C@@H](O[C@H]2[C@H](O)[C@@H](O)[C@H](O[C@H]3[C@H](O)[C@@H](O)[C@H](O[C@H]4[C@H](O)[C@@H](O)C(O)O[C@@H]4CO)O[C@@H]3CO)O[C@@H]2CO)[C@H](O)[C@@H](O)[C@@H]1O.[Na+]. The Morgan fingerprint density at radius 3 is 1.21 bits per heavy atom. The van der Waals surface area contributed by atoms with Gasteiger partial charge >= 0.3 is 29.6 Å². The summed E-state index contributed by atoms with van der Waals surface area (Å²) in [7, 11) is 0. The van der Waals surface area contributed by atoms with Gasteiger partial charge in [0.25, 0.3) is 0 Å². The molecule has 4 heterocycles. The minimum absolute atomic E-state index is 0. The summed E-state index contributed by atoms with van der Waals surface area (Å²) >= 11 is 0. The van der Waals surface area contributed by atoms with Gasteiger partial charge in [0.1, 0.15) is 97.7 Å². The van der Waals surface area contributed by atoms with E-state index in [0.29, 0.717) is 0 Å². The smallest absolute Gasteiger partial charge is 0.547 e. The molecule has 0 aliphatic carbocycles. The number of hydrogen-bond acceptors (Lipinski definition) is 22. The minimum Gasteiger partial charge on any atom is -0.547 e. The standard InChI is InChI=1S/C24H40O22.Na/c25-1-4-16(9(30)12(33)21(39)40-4)43-22-14(35)10(31)17(5(2-26)41-22)44-23-15(36)11(32)18(6(3-27)42-23)45-24-13(34)7(28)8(29)19(46-24)20(37)38;/h4-19,21-36,39H,1-3H2,(H,37,38);/q;+1/p-1/t4-,5-,6-,7+,8+,9-,10-,11-,12-,13-,14-,15-,16-,17-,18-,19+,21?,22+,23+,24-;/m1./s1. The number of carbonyl (C=O) groups is 1. The molecule has 22 nitrogen and oxygen atoms in total. The van der Waals surface area contributed by atoms with E-state index in [9.17, 15) is 76.3 Å². The van der Waals surface area contributed by atoms with Crippen LogP contribution in [0, 0.1) is 0 Å². The molecule has 4 fully saturated rings. The number of aliphatic hydroxyl groups is 13. The molecule has 0 saturated carbocycles. The van der Waals surface area contributed by atoms with Crippen LogP contribution in [0.5, 0.6) is 0 Å². The first-order valence-electron chi connectivity index (χ1n) is 14.1. The molecule has 0 aromatic carbocycles. The molecule has 1 unspecified atom stereocenters. The van der Waals surface area contributed by atoms with Gasteiger partial charge in [-0.2, -0.15) is 0 Å². The number of carboxylic acids is 1. The number of rotatable bonds is 10. The molecule has 13 N–H and O–H groups in total. The van der Waals surface area contributed by atoms with Crippen molar-refractivity contribution in [1.82, 2.24) is 0 Å².